The van der Waals surface area contributed by atoms with Crippen molar-refractivity contribution in [1.29, 1.82) is 0 Å². The normalized spacial score (nSPS) is 31.0. The lowest BCUT2D eigenvalue weighted by Crippen LogP contribution is -2.35. The molecule has 0 amide bonds. The molecular weight excluding hydrogens is 322 g/mol. The molecule has 2 aromatic carbocycles. The van der Waals surface area contributed by atoms with Crippen molar-refractivity contribution in [2.45, 2.75) is 38.1 Å². The Morgan fingerprint density at radius 2 is 1.92 bits per heavy atom. The van der Waals surface area contributed by atoms with Crippen LogP contribution in [0.1, 0.15) is 59.6 Å². The van der Waals surface area contributed by atoms with E-state index < -0.39 is 0 Å². The van der Waals surface area contributed by atoms with Gasteiger partial charge in [-0.15, -0.1) is 0 Å². The van der Waals surface area contributed by atoms with Crippen LogP contribution in [0.4, 0.5) is 5.69 Å². The Balaban J connectivity index is 1.58. The highest BCUT2D eigenvalue weighted by Gasteiger charge is 2.53. The molecule has 2 aliphatic carbocycles. The molecule has 2 saturated carbocycles. The van der Waals surface area contributed by atoms with Crippen LogP contribution < -0.4 is 5.32 Å². The van der Waals surface area contributed by atoms with Crippen molar-refractivity contribution in [3.8, 4) is 0 Å². The molecule has 134 valence electrons. The fourth-order valence-electron chi connectivity index (χ4n) is 5.82. The predicted molar refractivity (Wildman–Crippen MR) is 102 cm³/mol. The zero-order chi connectivity index (χ0) is 17.7. The molecule has 0 spiro atoms. The number of benzene rings is 2. The zero-order valence-electron chi connectivity index (χ0n) is 15.2. The highest BCUT2D eigenvalue weighted by molar-refractivity contribution is 5.90. The van der Waals surface area contributed by atoms with E-state index in [1.807, 2.05) is 13.0 Å². The van der Waals surface area contributed by atoms with Gasteiger partial charge in [-0.1, -0.05) is 30.3 Å². The second-order valence-corrected chi connectivity index (χ2v) is 7.99. The topological polar surface area (TPSA) is 38.3 Å². The number of carbonyl (C=O) groups excluding carboxylic acids is 1. The molecule has 3 nitrogen and oxygen atoms in total. The van der Waals surface area contributed by atoms with Gasteiger partial charge in [-0.05, 0) is 79.2 Å². The van der Waals surface area contributed by atoms with Crippen LogP contribution in [0, 0.1) is 17.8 Å². The van der Waals surface area contributed by atoms with Crippen molar-refractivity contribution in [2.75, 3.05) is 11.9 Å². The monoisotopic (exact) mass is 347 g/mol. The Labute approximate surface area is 154 Å². The molecule has 2 fully saturated rings. The summed E-state index contributed by atoms with van der Waals surface area (Å²) >= 11 is 0. The third-order valence-corrected chi connectivity index (χ3v) is 6.76. The van der Waals surface area contributed by atoms with Crippen LogP contribution in [0.15, 0.2) is 48.5 Å². The first-order chi connectivity index (χ1) is 12.8. The molecule has 2 bridgehead atoms. The third kappa shape index (κ3) is 2.37. The largest absolute Gasteiger partial charge is 0.462 e. The Kier molecular flexibility index (Phi) is 3.77. The van der Waals surface area contributed by atoms with Gasteiger partial charge in [0.2, 0.25) is 0 Å². The number of hydrogen-bond donors (Lipinski definition) is 1. The van der Waals surface area contributed by atoms with E-state index in [1.165, 1.54) is 36.1 Å². The smallest absolute Gasteiger partial charge is 0.338 e. The van der Waals surface area contributed by atoms with E-state index in [-0.39, 0.29) is 5.97 Å². The molecule has 1 N–H and O–H groups in total. The number of rotatable bonds is 3. The minimum absolute atomic E-state index is 0.208. The van der Waals surface area contributed by atoms with E-state index >= 15 is 0 Å². The summed E-state index contributed by atoms with van der Waals surface area (Å²) in [5.41, 5.74) is 4.60. The average Bonchev–Trinajstić information content (AvgIpc) is 3.30. The van der Waals surface area contributed by atoms with Crippen molar-refractivity contribution in [3.05, 3.63) is 65.2 Å². The molecule has 0 unspecified atom stereocenters. The van der Waals surface area contributed by atoms with Gasteiger partial charge in [0.05, 0.1) is 18.2 Å². The van der Waals surface area contributed by atoms with Gasteiger partial charge in [0.1, 0.15) is 0 Å². The molecule has 0 saturated heterocycles. The van der Waals surface area contributed by atoms with Crippen molar-refractivity contribution in [2.24, 2.45) is 17.8 Å². The lowest BCUT2D eigenvalue weighted by molar-refractivity contribution is 0.0526. The van der Waals surface area contributed by atoms with Crippen molar-refractivity contribution in [3.63, 3.8) is 0 Å². The minimum Gasteiger partial charge on any atom is -0.462 e. The van der Waals surface area contributed by atoms with Gasteiger partial charge in [-0.2, -0.15) is 0 Å². The summed E-state index contributed by atoms with van der Waals surface area (Å²) in [6.45, 7) is 2.27. The highest BCUT2D eigenvalue weighted by atomic mass is 16.5. The highest BCUT2D eigenvalue weighted by Crippen LogP contribution is 2.63. The maximum atomic E-state index is 12.2. The number of fused-ring (bicyclic) bond motifs is 7. The number of hydrogen-bond acceptors (Lipinski definition) is 3. The van der Waals surface area contributed by atoms with Gasteiger partial charge in [-0.25, -0.2) is 4.79 Å². The SMILES string of the molecule is CCOC(=O)c1ccc2c(c1)[C@@H]1[C@H]3CC[C@@H](C3)[C@@H]1[C@H](c1ccccc1)N2. The number of carbonyl (C=O) groups is 1. The number of ether oxygens (including phenoxy) is 1. The van der Waals surface area contributed by atoms with Crippen LogP contribution in [-0.2, 0) is 4.74 Å². The summed E-state index contributed by atoms with van der Waals surface area (Å²) in [6, 6.07) is 17.3. The van der Waals surface area contributed by atoms with Crippen LogP contribution in [0.2, 0.25) is 0 Å². The Morgan fingerprint density at radius 1 is 1.12 bits per heavy atom. The first-order valence-corrected chi connectivity index (χ1v) is 9.89. The molecule has 2 aromatic rings. The van der Waals surface area contributed by atoms with Crippen molar-refractivity contribution < 1.29 is 9.53 Å². The van der Waals surface area contributed by atoms with Crippen LogP contribution in [-0.4, -0.2) is 12.6 Å². The quantitative estimate of drug-likeness (QED) is 0.780. The van der Waals surface area contributed by atoms with Gasteiger partial charge in [-0.3, -0.25) is 0 Å². The maximum Gasteiger partial charge on any atom is 0.338 e. The van der Waals surface area contributed by atoms with E-state index in [0.717, 1.165) is 11.8 Å². The molecule has 3 aliphatic rings. The van der Waals surface area contributed by atoms with E-state index in [1.54, 1.807) is 0 Å². The Bertz CT molecular complexity index is 831. The average molecular weight is 347 g/mol. The van der Waals surface area contributed by atoms with E-state index in [4.69, 9.17) is 4.74 Å². The van der Waals surface area contributed by atoms with Crippen molar-refractivity contribution >= 4 is 11.7 Å². The third-order valence-electron chi connectivity index (χ3n) is 6.76. The van der Waals surface area contributed by atoms with Crippen LogP contribution in [0.3, 0.4) is 0 Å². The summed E-state index contributed by atoms with van der Waals surface area (Å²) < 4.78 is 5.22. The van der Waals surface area contributed by atoms with Gasteiger partial charge in [0.25, 0.3) is 0 Å². The molecule has 5 atom stereocenters. The summed E-state index contributed by atoms with van der Waals surface area (Å²) in [5.74, 6) is 2.53. The van der Waals surface area contributed by atoms with E-state index in [9.17, 15) is 4.79 Å². The van der Waals surface area contributed by atoms with Gasteiger partial charge in [0, 0.05) is 5.69 Å². The molecule has 1 heterocycles. The second kappa shape index (κ2) is 6.15. The molecule has 0 radical (unpaired) electrons. The molecule has 0 aromatic heterocycles. The fourth-order valence-corrected chi connectivity index (χ4v) is 5.82. The Morgan fingerprint density at radius 3 is 2.73 bits per heavy atom. The molecular formula is C23H25NO2. The summed E-state index contributed by atoms with van der Waals surface area (Å²) in [4.78, 5) is 12.2. The van der Waals surface area contributed by atoms with Crippen LogP contribution in [0.25, 0.3) is 0 Å². The summed E-state index contributed by atoms with van der Waals surface area (Å²) in [5, 5.41) is 3.82. The van der Waals surface area contributed by atoms with Gasteiger partial charge in [0.15, 0.2) is 0 Å². The zero-order valence-corrected chi connectivity index (χ0v) is 15.2. The standard InChI is InChI=1S/C23H25NO2/c1-2-26-23(25)17-10-11-19-18(13-17)20-15-8-9-16(12-15)21(20)22(24-19)14-6-4-3-5-7-14/h3-7,10-11,13,15-16,20-22,24H,2,8-9,12H2,1H3/t15-,16-,20-,21-,22-/m0/s1. The lowest BCUT2D eigenvalue weighted by Gasteiger charge is -2.43. The molecule has 3 heteroatoms. The predicted octanol–water partition coefficient (Wildman–Crippen LogP) is 5.16. The molecule has 26 heavy (non-hydrogen) atoms. The maximum absolute atomic E-state index is 12.2. The van der Waals surface area contributed by atoms with Gasteiger partial charge >= 0.3 is 5.97 Å². The summed E-state index contributed by atoms with van der Waals surface area (Å²) in [6.07, 6.45) is 4.02. The second-order valence-electron chi connectivity index (χ2n) is 7.99. The van der Waals surface area contributed by atoms with Crippen LogP contribution in [0.5, 0.6) is 0 Å². The molecule has 5 rings (SSSR count). The Hall–Kier alpha value is -2.29. The first-order valence-electron chi connectivity index (χ1n) is 9.89. The number of anilines is 1. The first kappa shape index (κ1) is 15.9. The molecule has 1 aliphatic heterocycles. The summed E-state index contributed by atoms with van der Waals surface area (Å²) in [7, 11) is 0. The minimum atomic E-state index is -0.208. The number of nitrogens with one attached hydrogen (secondary N) is 1. The fraction of sp³-hybridized carbons (Fsp3) is 0.435. The van der Waals surface area contributed by atoms with Gasteiger partial charge < -0.3 is 10.1 Å². The van der Waals surface area contributed by atoms with E-state index in [0.29, 0.717) is 30.0 Å². The van der Waals surface area contributed by atoms with E-state index in [2.05, 4.69) is 47.8 Å². The number of esters is 1. The van der Waals surface area contributed by atoms with Crippen molar-refractivity contribution in [1.82, 2.24) is 0 Å². The van der Waals surface area contributed by atoms with Crippen LogP contribution >= 0.6 is 0 Å². The lowest BCUT2D eigenvalue weighted by atomic mass is 9.68.